The highest BCUT2D eigenvalue weighted by molar-refractivity contribution is 7.90. The fraction of sp³-hybridized carbons (Fsp3) is 0.466. The molecule has 436 valence electrons. The summed E-state index contributed by atoms with van der Waals surface area (Å²) in [5.74, 6) is -1.52. The first-order valence-corrected chi connectivity index (χ1v) is 29.1. The second kappa shape index (κ2) is 23.7. The van der Waals surface area contributed by atoms with Gasteiger partial charge in [-0.05, 0) is 86.0 Å². The van der Waals surface area contributed by atoms with E-state index in [0.717, 1.165) is 75.9 Å². The lowest BCUT2D eigenvalue weighted by Crippen LogP contribution is -2.60. The molecule has 21 nitrogen and oxygen atoms in total. The number of methoxy groups -OCH3 is 2. The molecule has 6 aromatic rings. The minimum absolute atomic E-state index is 0.0286. The van der Waals surface area contributed by atoms with E-state index in [1.165, 1.54) is 30.4 Å². The number of carbonyl (C=O) groups excluding carboxylic acids is 2. The van der Waals surface area contributed by atoms with Gasteiger partial charge in [0.25, 0.3) is 21.8 Å². The third-order valence-corrected chi connectivity index (χ3v) is 18.0. The SMILES string of the molecule is COc1cc(CN2CCN(C3CC4(CCN(c5ccc(C(=O)NS(=O)(=O)c6cnc(NCC7(F)CCN(C(=O)CN(C)C)CC7)c([N+](=O)[O-])c6)c(Oc6cc7c(F)c[nH]c7nc6OC)c5)CC4)C3)[C@H](c3ccccc3C(C)C)C2)ccn1. The minimum Gasteiger partial charge on any atom is -0.481 e. The van der Waals surface area contributed by atoms with Crippen LogP contribution in [0, 0.1) is 21.3 Å². The molecular weight excluding hydrogens is 1080 g/mol. The summed E-state index contributed by atoms with van der Waals surface area (Å²) in [6, 6.07) is 20.4. The quantitative estimate of drug-likeness (QED) is 0.0514. The minimum atomic E-state index is -4.86. The number of H-pyrrole nitrogens is 1. The van der Waals surface area contributed by atoms with Gasteiger partial charge >= 0.3 is 5.69 Å². The molecule has 1 saturated carbocycles. The van der Waals surface area contributed by atoms with E-state index in [1.807, 2.05) is 10.8 Å². The fourth-order valence-electron chi connectivity index (χ4n) is 12.1. The number of pyridine rings is 3. The lowest BCUT2D eigenvalue weighted by atomic mass is 9.59. The van der Waals surface area contributed by atoms with Crippen molar-refractivity contribution in [3.8, 4) is 23.3 Å². The van der Waals surface area contributed by atoms with Gasteiger partial charge in [-0.25, -0.2) is 31.9 Å². The first-order chi connectivity index (χ1) is 39.2. The number of hydrogen-bond acceptors (Lipinski definition) is 17. The number of rotatable bonds is 19. The van der Waals surface area contributed by atoms with Crippen LogP contribution in [-0.2, 0) is 21.4 Å². The number of nitro groups is 1. The van der Waals surface area contributed by atoms with Crippen LogP contribution in [0.2, 0.25) is 0 Å². The highest BCUT2D eigenvalue weighted by Gasteiger charge is 2.50. The average molecular weight is 1150 g/mol. The van der Waals surface area contributed by atoms with Crippen molar-refractivity contribution in [2.75, 3.05) is 97.4 Å². The van der Waals surface area contributed by atoms with Crippen molar-refractivity contribution >= 4 is 50.1 Å². The van der Waals surface area contributed by atoms with E-state index in [9.17, 15) is 32.5 Å². The Morgan fingerprint density at radius 3 is 2.40 bits per heavy atom. The molecule has 1 spiro atoms. The molecule has 10 rings (SSSR count). The number of nitrogens with one attached hydrogen (secondary N) is 3. The molecular formula is C58H70F2N12O9S. The number of carbonyl (C=O) groups is 2. The number of nitrogens with zero attached hydrogens (tertiary/aromatic N) is 9. The van der Waals surface area contributed by atoms with E-state index in [1.54, 1.807) is 49.3 Å². The molecule has 2 amide bonds. The Kier molecular flexibility index (Phi) is 16.7. The Morgan fingerprint density at radius 1 is 0.939 bits per heavy atom. The fourth-order valence-corrected chi connectivity index (χ4v) is 13.1. The van der Waals surface area contributed by atoms with Gasteiger partial charge in [-0.2, -0.15) is 4.98 Å². The number of halogens is 2. The monoisotopic (exact) mass is 1150 g/mol. The van der Waals surface area contributed by atoms with Gasteiger partial charge < -0.3 is 39.2 Å². The Bertz CT molecular complexity index is 3450. The lowest BCUT2D eigenvalue weighted by Gasteiger charge is -2.58. The highest BCUT2D eigenvalue weighted by atomic mass is 32.2. The van der Waals surface area contributed by atoms with Gasteiger partial charge in [-0.3, -0.25) is 29.5 Å². The molecule has 2 aromatic carbocycles. The number of likely N-dealkylation sites (tertiary alicyclic amines) is 1. The van der Waals surface area contributed by atoms with E-state index < -0.39 is 42.9 Å². The molecule has 7 heterocycles. The number of piperidine rings is 2. The summed E-state index contributed by atoms with van der Waals surface area (Å²) >= 11 is 0. The Hall–Kier alpha value is -7.54. The van der Waals surface area contributed by atoms with Crippen LogP contribution in [0.4, 0.5) is 26.0 Å². The van der Waals surface area contributed by atoms with Crippen molar-refractivity contribution in [3.05, 3.63) is 124 Å². The molecule has 3 aliphatic heterocycles. The van der Waals surface area contributed by atoms with Gasteiger partial charge in [0.05, 0.1) is 49.4 Å². The predicted molar refractivity (Wildman–Crippen MR) is 304 cm³/mol. The smallest absolute Gasteiger partial charge is 0.312 e. The summed E-state index contributed by atoms with van der Waals surface area (Å²) in [5, 5.41) is 15.1. The van der Waals surface area contributed by atoms with Crippen molar-refractivity contribution in [1.29, 1.82) is 0 Å². The van der Waals surface area contributed by atoms with Crippen LogP contribution in [0.15, 0.2) is 90.2 Å². The second-order valence-corrected chi connectivity index (χ2v) is 24.4. The third-order valence-electron chi connectivity index (χ3n) is 16.7. The van der Waals surface area contributed by atoms with Crippen LogP contribution in [0.5, 0.6) is 23.3 Å². The van der Waals surface area contributed by atoms with Crippen molar-refractivity contribution in [1.82, 2.24) is 44.3 Å². The molecule has 82 heavy (non-hydrogen) atoms. The number of fused-ring (bicyclic) bond motifs is 1. The number of hydrogen-bond donors (Lipinski definition) is 3. The van der Waals surface area contributed by atoms with Crippen LogP contribution in [0.3, 0.4) is 0 Å². The van der Waals surface area contributed by atoms with E-state index in [0.29, 0.717) is 36.6 Å². The number of ether oxygens (including phenoxy) is 3. The van der Waals surface area contributed by atoms with Crippen molar-refractivity contribution in [3.63, 3.8) is 0 Å². The number of aromatic nitrogens is 4. The van der Waals surface area contributed by atoms with E-state index in [-0.39, 0.29) is 96.2 Å². The van der Waals surface area contributed by atoms with E-state index in [2.05, 4.69) is 84.1 Å². The first-order valence-electron chi connectivity index (χ1n) is 27.6. The topological polar surface area (TPSA) is 234 Å². The Labute approximate surface area is 475 Å². The highest BCUT2D eigenvalue weighted by Crippen LogP contribution is 2.53. The predicted octanol–water partition coefficient (Wildman–Crippen LogP) is 8.06. The van der Waals surface area contributed by atoms with Gasteiger partial charge in [0.1, 0.15) is 27.8 Å². The molecule has 3 saturated heterocycles. The summed E-state index contributed by atoms with van der Waals surface area (Å²) < 4.78 is 78.2. The van der Waals surface area contributed by atoms with Crippen molar-refractivity contribution in [2.45, 2.75) is 87.5 Å². The maximum atomic E-state index is 16.0. The number of piperazine rings is 1. The molecule has 0 bridgehead atoms. The summed E-state index contributed by atoms with van der Waals surface area (Å²) in [6.45, 7) is 9.55. The van der Waals surface area contributed by atoms with Crippen LogP contribution >= 0.6 is 0 Å². The number of amides is 2. The normalized spacial score (nSPS) is 18.6. The maximum Gasteiger partial charge on any atom is 0.312 e. The molecule has 4 fully saturated rings. The van der Waals surface area contributed by atoms with Gasteiger partial charge in [0.2, 0.25) is 17.6 Å². The average Bonchev–Trinajstić information content (AvgIpc) is 3.53. The Balaban J connectivity index is 0.845. The number of sulfonamides is 1. The van der Waals surface area contributed by atoms with Crippen molar-refractivity contribution in [2.24, 2.45) is 5.41 Å². The molecule has 1 atom stereocenters. The zero-order valence-corrected chi connectivity index (χ0v) is 47.8. The largest absolute Gasteiger partial charge is 0.481 e. The van der Waals surface area contributed by atoms with Crippen LogP contribution in [0.1, 0.15) is 91.4 Å². The summed E-state index contributed by atoms with van der Waals surface area (Å²) in [7, 11) is 1.65. The van der Waals surface area contributed by atoms with Crippen LogP contribution in [0.25, 0.3) is 11.0 Å². The van der Waals surface area contributed by atoms with Gasteiger partial charge in [-0.15, -0.1) is 0 Å². The molecule has 3 N–H and O–H groups in total. The zero-order valence-electron chi connectivity index (χ0n) is 47.0. The molecule has 1 aliphatic carbocycles. The standard InChI is InChI=1S/C58H70F2N12O9S/c1-37(2)42-9-7-8-10-43(42)48-34-68(33-38-13-18-61-51(25-38)79-5)23-24-71(48)40-29-57(30-40)14-19-69(20-15-57)39-11-12-44(49(26-39)81-50-28-45-46(59)32-63-53(45)65-56(50)80-6)55(74)66-82(77,78)41-27-47(72(75)76)54(62-31-41)64-36-58(60)16-21-70(22-17-58)52(73)35-67(3)4/h7-13,18,25-28,31-32,37,40,48H,14-17,19-24,29-30,33-36H2,1-6H3,(H,62,64)(H,63,65)(H,66,74)/t48-/m0/s1. The van der Waals surface area contributed by atoms with Crippen LogP contribution in [-0.4, -0.2) is 164 Å². The molecule has 0 radical (unpaired) electrons. The number of anilines is 2. The third kappa shape index (κ3) is 12.4. The maximum absolute atomic E-state index is 16.0. The Morgan fingerprint density at radius 2 is 1.70 bits per heavy atom. The molecule has 0 unspecified atom stereocenters. The molecule has 24 heteroatoms. The van der Waals surface area contributed by atoms with Crippen LogP contribution < -0.4 is 29.1 Å². The first kappa shape index (κ1) is 57.7. The summed E-state index contributed by atoms with van der Waals surface area (Å²) in [4.78, 5) is 63.7. The number of likely N-dealkylation sites (N-methyl/N-ethyl adjacent to an activating group) is 1. The number of alkyl halides is 1. The molecule has 4 aliphatic rings. The van der Waals surface area contributed by atoms with Gasteiger partial charge in [-0.1, -0.05) is 38.1 Å². The van der Waals surface area contributed by atoms with E-state index >= 15 is 4.39 Å². The zero-order chi connectivity index (χ0) is 58.1. The van der Waals surface area contributed by atoms with Gasteiger partial charge in [0.15, 0.2) is 5.75 Å². The number of benzene rings is 2. The van der Waals surface area contributed by atoms with E-state index in [4.69, 9.17) is 14.2 Å². The summed E-state index contributed by atoms with van der Waals surface area (Å²) in [5.41, 5.74) is 2.07. The second-order valence-electron chi connectivity index (χ2n) is 22.7. The van der Waals surface area contributed by atoms with Gasteiger partial charge in [0, 0.05) is 120 Å². The summed E-state index contributed by atoms with van der Waals surface area (Å²) in [6.07, 6.45) is 7.66. The lowest BCUT2D eigenvalue weighted by molar-refractivity contribution is -0.384. The van der Waals surface area contributed by atoms with Crippen molar-refractivity contribution < 1.29 is 45.9 Å². The number of aromatic amines is 1. The molecule has 4 aromatic heterocycles.